The number of rotatable bonds is 4. The molecule has 0 spiro atoms. The Kier molecular flexibility index (Phi) is 3.43. The van der Waals surface area contributed by atoms with E-state index < -0.39 is 9.84 Å². The zero-order valence-corrected chi connectivity index (χ0v) is 10.6. The molecule has 2 N–H and O–H groups in total. The van der Waals surface area contributed by atoms with E-state index in [0.717, 1.165) is 0 Å². The van der Waals surface area contributed by atoms with Crippen LogP contribution >= 0.6 is 0 Å². The topological polar surface area (TPSA) is 104 Å². The van der Waals surface area contributed by atoms with Crippen LogP contribution in [0.3, 0.4) is 0 Å². The van der Waals surface area contributed by atoms with Gasteiger partial charge >= 0.3 is 0 Å². The lowest BCUT2D eigenvalue weighted by atomic mass is 9.89. The third kappa shape index (κ3) is 3.01. The van der Waals surface area contributed by atoms with Crippen molar-refractivity contribution in [3.63, 3.8) is 0 Å². The highest BCUT2D eigenvalue weighted by Gasteiger charge is 2.33. The fourth-order valence-corrected chi connectivity index (χ4v) is 4.20. The Balaban J connectivity index is 2.02. The number of nitrogens with two attached hydrogens (primary N) is 1. The molecule has 2 rings (SSSR count). The van der Waals surface area contributed by atoms with Crippen molar-refractivity contribution in [2.75, 3.05) is 18.1 Å². The van der Waals surface area contributed by atoms with Gasteiger partial charge in [0, 0.05) is 6.42 Å². The van der Waals surface area contributed by atoms with Crippen molar-refractivity contribution >= 4 is 9.84 Å². The Morgan fingerprint density at radius 1 is 1.59 bits per heavy atom. The van der Waals surface area contributed by atoms with Gasteiger partial charge in [0.15, 0.2) is 15.7 Å². The normalized spacial score (nSPS) is 24.9. The maximum atomic E-state index is 11.4. The van der Waals surface area contributed by atoms with E-state index in [1.165, 1.54) is 4.80 Å². The predicted octanol–water partition coefficient (Wildman–Crippen LogP) is -1.24. The minimum absolute atomic E-state index is 0.122. The molecule has 1 aliphatic heterocycles. The molecule has 2 atom stereocenters. The van der Waals surface area contributed by atoms with Crippen LogP contribution in [0.15, 0.2) is 0 Å². The van der Waals surface area contributed by atoms with Gasteiger partial charge in [-0.25, -0.2) is 8.42 Å². The minimum Gasteiger partial charge on any atom is -0.330 e. The summed E-state index contributed by atoms with van der Waals surface area (Å²) in [5.74, 6) is 1.41. The molecule has 1 aromatic rings. The van der Waals surface area contributed by atoms with E-state index in [1.54, 1.807) is 7.05 Å². The zero-order chi connectivity index (χ0) is 12.5. The fraction of sp³-hybridized carbons (Fsp3) is 0.889. The molecule has 17 heavy (non-hydrogen) atoms. The van der Waals surface area contributed by atoms with Crippen LogP contribution in [-0.4, -0.2) is 46.7 Å². The maximum Gasteiger partial charge on any atom is 0.175 e. The second-order valence-corrected chi connectivity index (χ2v) is 6.79. The van der Waals surface area contributed by atoms with Crippen LogP contribution in [-0.2, 0) is 23.3 Å². The van der Waals surface area contributed by atoms with Gasteiger partial charge in [-0.3, -0.25) is 0 Å². The van der Waals surface area contributed by atoms with Crippen molar-refractivity contribution in [2.45, 2.75) is 12.8 Å². The van der Waals surface area contributed by atoms with Crippen LogP contribution in [0.5, 0.6) is 0 Å². The first-order chi connectivity index (χ1) is 8.00. The molecule has 7 nitrogen and oxygen atoms in total. The molecule has 0 radical (unpaired) electrons. The maximum absolute atomic E-state index is 11.4. The van der Waals surface area contributed by atoms with E-state index >= 15 is 0 Å². The zero-order valence-electron chi connectivity index (χ0n) is 9.78. The second-order valence-electron chi connectivity index (χ2n) is 4.56. The quantitative estimate of drug-likeness (QED) is 0.725. The van der Waals surface area contributed by atoms with Gasteiger partial charge in [0.1, 0.15) is 0 Å². The third-order valence-corrected chi connectivity index (χ3v) is 5.03. The van der Waals surface area contributed by atoms with Crippen molar-refractivity contribution < 1.29 is 8.42 Å². The molecule has 8 heteroatoms. The van der Waals surface area contributed by atoms with Crippen molar-refractivity contribution in [3.05, 3.63) is 5.82 Å². The summed E-state index contributed by atoms with van der Waals surface area (Å²) >= 11 is 0. The molecule has 2 heterocycles. The summed E-state index contributed by atoms with van der Waals surface area (Å²) in [6.07, 6.45) is 1.30. The second kappa shape index (κ2) is 4.69. The van der Waals surface area contributed by atoms with Crippen molar-refractivity contribution in [1.29, 1.82) is 0 Å². The number of aromatic nitrogens is 4. The Morgan fingerprint density at radius 2 is 2.35 bits per heavy atom. The van der Waals surface area contributed by atoms with Gasteiger partial charge in [-0.1, -0.05) is 0 Å². The molecule has 96 valence electrons. The van der Waals surface area contributed by atoms with E-state index in [4.69, 9.17) is 5.73 Å². The number of nitrogens with zero attached hydrogens (tertiary/aromatic N) is 4. The molecule has 1 aliphatic rings. The van der Waals surface area contributed by atoms with E-state index in [-0.39, 0.29) is 23.3 Å². The lowest BCUT2D eigenvalue weighted by Gasteiger charge is -2.18. The molecular formula is C9H17N5O2S. The van der Waals surface area contributed by atoms with Gasteiger partial charge in [-0.2, -0.15) is 4.80 Å². The highest BCUT2D eigenvalue weighted by Crippen LogP contribution is 2.27. The largest absolute Gasteiger partial charge is 0.330 e. The van der Waals surface area contributed by atoms with E-state index in [0.29, 0.717) is 25.2 Å². The smallest absolute Gasteiger partial charge is 0.175 e. The molecule has 0 bridgehead atoms. The molecule has 0 saturated carbocycles. The highest BCUT2D eigenvalue weighted by atomic mass is 32.2. The van der Waals surface area contributed by atoms with Crippen LogP contribution in [0.2, 0.25) is 0 Å². The summed E-state index contributed by atoms with van der Waals surface area (Å²) in [6, 6.07) is 0. The third-order valence-electron chi connectivity index (χ3n) is 3.23. The fourth-order valence-electron chi connectivity index (χ4n) is 2.28. The molecule has 1 fully saturated rings. The molecule has 0 aliphatic carbocycles. The van der Waals surface area contributed by atoms with Gasteiger partial charge in [0.05, 0.1) is 18.6 Å². The summed E-state index contributed by atoms with van der Waals surface area (Å²) in [5.41, 5.74) is 5.72. The van der Waals surface area contributed by atoms with Crippen LogP contribution in [0.25, 0.3) is 0 Å². The Bertz CT molecular complexity index is 483. The molecule has 2 unspecified atom stereocenters. The van der Waals surface area contributed by atoms with E-state index in [9.17, 15) is 8.42 Å². The summed E-state index contributed by atoms with van der Waals surface area (Å²) in [4.78, 5) is 1.40. The highest BCUT2D eigenvalue weighted by molar-refractivity contribution is 7.91. The number of hydrogen-bond donors (Lipinski definition) is 1. The summed E-state index contributed by atoms with van der Waals surface area (Å²) in [5, 5.41) is 11.8. The summed E-state index contributed by atoms with van der Waals surface area (Å²) < 4.78 is 22.9. The van der Waals surface area contributed by atoms with Gasteiger partial charge in [0.2, 0.25) is 0 Å². The lowest BCUT2D eigenvalue weighted by Crippen LogP contribution is -2.27. The molecule has 0 aromatic carbocycles. The monoisotopic (exact) mass is 259 g/mol. The summed E-state index contributed by atoms with van der Waals surface area (Å²) in [6.45, 7) is 0.457. The number of tetrazole rings is 1. The standard InChI is InChI=1S/C9H17N5O2S/c1-14-12-9(11-13-14)4-8(5-10)7-2-3-17(15,16)6-7/h7-8H,2-6,10H2,1H3. The predicted molar refractivity (Wildman–Crippen MR) is 61.8 cm³/mol. The average molecular weight is 259 g/mol. The van der Waals surface area contributed by atoms with Crippen LogP contribution in [0.1, 0.15) is 12.2 Å². The number of hydrogen-bond acceptors (Lipinski definition) is 6. The number of aryl methyl sites for hydroxylation is 1. The first-order valence-electron chi connectivity index (χ1n) is 5.63. The van der Waals surface area contributed by atoms with Crippen molar-refractivity contribution in [2.24, 2.45) is 24.6 Å². The van der Waals surface area contributed by atoms with Crippen LogP contribution in [0.4, 0.5) is 0 Å². The van der Waals surface area contributed by atoms with E-state index in [2.05, 4.69) is 15.4 Å². The lowest BCUT2D eigenvalue weighted by molar-refractivity contribution is 0.364. The summed E-state index contributed by atoms with van der Waals surface area (Å²) in [7, 11) is -1.15. The van der Waals surface area contributed by atoms with Crippen molar-refractivity contribution in [1.82, 2.24) is 20.2 Å². The van der Waals surface area contributed by atoms with Crippen LogP contribution < -0.4 is 5.73 Å². The van der Waals surface area contributed by atoms with Crippen LogP contribution in [0, 0.1) is 11.8 Å². The van der Waals surface area contributed by atoms with E-state index in [1.807, 2.05) is 0 Å². The minimum atomic E-state index is -2.85. The van der Waals surface area contributed by atoms with Crippen molar-refractivity contribution in [3.8, 4) is 0 Å². The molecular weight excluding hydrogens is 242 g/mol. The Hall–Kier alpha value is -1.02. The number of sulfone groups is 1. The molecule has 0 amide bonds. The van der Waals surface area contributed by atoms with Gasteiger partial charge < -0.3 is 5.73 Å². The SMILES string of the molecule is Cn1nnc(CC(CN)C2CCS(=O)(=O)C2)n1. The van der Waals surface area contributed by atoms with Gasteiger partial charge in [-0.05, 0) is 30.0 Å². The Morgan fingerprint density at radius 3 is 2.82 bits per heavy atom. The Labute approximate surface area is 100 Å². The van der Waals surface area contributed by atoms with Gasteiger partial charge in [0.25, 0.3) is 0 Å². The first kappa shape index (κ1) is 12.4. The molecule has 1 aromatic heterocycles. The first-order valence-corrected chi connectivity index (χ1v) is 7.45. The molecule has 1 saturated heterocycles. The van der Waals surface area contributed by atoms with Gasteiger partial charge in [-0.15, -0.1) is 10.2 Å². The average Bonchev–Trinajstić information content (AvgIpc) is 2.81.